The molecule has 0 atom stereocenters. The molecular weight excluding hydrogens is 445 g/mol. The van der Waals surface area contributed by atoms with Crippen LogP contribution in [0, 0.1) is 0 Å². The van der Waals surface area contributed by atoms with Crippen LogP contribution >= 0.6 is 6.98 Å². The molecule has 0 unspecified atom stereocenters. The van der Waals surface area contributed by atoms with Gasteiger partial charge < -0.3 is 0 Å². The van der Waals surface area contributed by atoms with E-state index >= 15 is 0 Å². The van der Waals surface area contributed by atoms with Gasteiger partial charge in [0, 0.05) is 0 Å². The molecule has 0 amide bonds. The van der Waals surface area contributed by atoms with Crippen LogP contribution in [0.1, 0.15) is 52.7 Å². The fraction of sp³-hybridized carbons (Fsp3) is 0.250. The Bertz CT molecular complexity index is 1250. The monoisotopic (exact) mass is 481 g/mol. The Kier molecular flexibility index (Phi) is 5.38. The van der Waals surface area contributed by atoms with Crippen LogP contribution in [0.2, 0.25) is 0 Å². The van der Waals surface area contributed by atoms with Gasteiger partial charge in [-0.1, -0.05) is 0 Å². The van der Waals surface area contributed by atoms with E-state index in [4.69, 9.17) is 4.52 Å². The molecule has 0 fully saturated rings. The summed E-state index contributed by atoms with van der Waals surface area (Å²) in [6.07, 6.45) is 0. The predicted octanol–water partition coefficient (Wildman–Crippen LogP) is 7.45. The van der Waals surface area contributed by atoms with E-state index < -0.39 is 6.98 Å². The third-order valence-corrected chi connectivity index (χ3v) is 12.2. The zero-order valence-electron chi connectivity index (χ0n) is 21.7. The van der Waals surface area contributed by atoms with Gasteiger partial charge in [-0.2, -0.15) is 0 Å². The normalized spacial score (nSPS) is 17.4. The minimum atomic E-state index is -3.58. The molecule has 4 aromatic carbocycles. The Morgan fingerprint density at radius 2 is 1.00 bits per heavy atom. The van der Waals surface area contributed by atoms with Crippen molar-refractivity contribution in [1.82, 2.24) is 0 Å². The molecule has 0 radical (unpaired) electrons. The topological polar surface area (TPSA) is 21.3 Å². The first kappa shape index (κ1) is 23.6. The molecule has 0 aliphatic carbocycles. The molecule has 4 aromatic rings. The Hall–Kier alpha value is -3.09. The van der Waals surface area contributed by atoms with Crippen molar-refractivity contribution >= 4 is 28.6 Å². The van der Waals surface area contributed by atoms with Gasteiger partial charge in [0.1, 0.15) is 0 Å². The first-order chi connectivity index (χ1) is 16.6. The number of fused-ring (bicyclic) bond motifs is 1. The predicted molar refractivity (Wildman–Crippen MR) is 153 cm³/mol. The van der Waals surface area contributed by atoms with Gasteiger partial charge in [-0.05, 0) is 0 Å². The molecule has 0 spiro atoms. The fourth-order valence-electron chi connectivity index (χ4n) is 5.20. The summed E-state index contributed by atoms with van der Waals surface area (Å²) in [4.78, 5) is 0. The second kappa shape index (κ2) is 7.97. The number of anilines is 1. The maximum atomic E-state index is 7.53. The summed E-state index contributed by atoms with van der Waals surface area (Å²) in [5.41, 5.74) is 3.63. The molecule has 1 aliphatic rings. The average molecular weight is 482 g/mol. The van der Waals surface area contributed by atoms with E-state index in [-0.39, 0.29) is 10.8 Å². The van der Waals surface area contributed by atoms with E-state index in [0.29, 0.717) is 0 Å². The standard InChI is InChI=1S/C32H36NOP/c1-31(2,3)24-22-28(32(4,5)6)30-29(23-24)34-35(33-30,25-16-10-7-11-17-25,26-18-12-8-13-19-26)27-20-14-9-15-21-27/h7-23,33H,1-6H3. The molecule has 180 valence electrons. The molecule has 0 aromatic heterocycles. The molecular formula is C32H36NOP. The summed E-state index contributed by atoms with van der Waals surface area (Å²) in [5.74, 6) is 0.941. The summed E-state index contributed by atoms with van der Waals surface area (Å²) in [6.45, 7) is 10.1. The molecule has 1 aliphatic heterocycles. The molecule has 1 heterocycles. The fourth-order valence-corrected chi connectivity index (χ4v) is 10.3. The van der Waals surface area contributed by atoms with Gasteiger partial charge in [-0.15, -0.1) is 0 Å². The van der Waals surface area contributed by atoms with Crippen LogP contribution in [0.15, 0.2) is 103 Å². The van der Waals surface area contributed by atoms with Crippen LogP contribution < -0.4 is 25.5 Å². The van der Waals surface area contributed by atoms with Crippen LogP contribution in [0.25, 0.3) is 0 Å². The third kappa shape index (κ3) is 3.58. The van der Waals surface area contributed by atoms with Crippen LogP contribution in [-0.4, -0.2) is 0 Å². The number of rotatable bonds is 3. The summed E-state index contributed by atoms with van der Waals surface area (Å²) >= 11 is 0. The number of hydrogen-bond acceptors (Lipinski definition) is 2. The van der Waals surface area contributed by atoms with Gasteiger partial charge >= 0.3 is 211 Å². The Labute approximate surface area is 210 Å². The zero-order chi connectivity index (χ0) is 24.9. The SMILES string of the molecule is CC(C)(C)c1cc2c(c(C(C)(C)C)c1)NP(c1ccccc1)(c1ccccc1)(c1ccccc1)O2. The zero-order valence-corrected chi connectivity index (χ0v) is 22.6. The Morgan fingerprint density at radius 1 is 0.571 bits per heavy atom. The van der Waals surface area contributed by atoms with E-state index in [9.17, 15) is 0 Å². The van der Waals surface area contributed by atoms with Crippen LogP contribution in [-0.2, 0) is 10.8 Å². The average Bonchev–Trinajstić information content (AvgIpc) is 3.22. The van der Waals surface area contributed by atoms with E-state index in [1.165, 1.54) is 27.0 Å². The van der Waals surface area contributed by atoms with Crippen LogP contribution in [0.4, 0.5) is 5.69 Å². The van der Waals surface area contributed by atoms with E-state index in [1.54, 1.807) is 0 Å². The van der Waals surface area contributed by atoms with Crippen LogP contribution in [0.5, 0.6) is 5.75 Å². The van der Waals surface area contributed by atoms with Gasteiger partial charge in [-0.3, -0.25) is 0 Å². The molecule has 3 heteroatoms. The van der Waals surface area contributed by atoms with E-state index in [2.05, 4.69) is 150 Å². The van der Waals surface area contributed by atoms with Gasteiger partial charge in [0.05, 0.1) is 0 Å². The third-order valence-electron chi connectivity index (χ3n) is 7.13. The molecule has 35 heavy (non-hydrogen) atoms. The van der Waals surface area contributed by atoms with Crippen molar-refractivity contribution < 1.29 is 4.52 Å². The first-order valence-corrected chi connectivity index (χ1v) is 14.6. The quantitative estimate of drug-likeness (QED) is 0.307. The second-order valence-electron chi connectivity index (χ2n) is 11.6. The van der Waals surface area contributed by atoms with E-state index in [1.807, 2.05) is 0 Å². The van der Waals surface area contributed by atoms with Crippen molar-refractivity contribution in [3.8, 4) is 5.75 Å². The van der Waals surface area contributed by atoms with Gasteiger partial charge in [0.15, 0.2) is 0 Å². The van der Waals surface area contributed by atoms with Crippen molar-refractivity contribution in [2.75, 3.05) is 5.09 Å². The first-order valence-electron chi connectivity index (χ1n) is 12.4. The van der Waals surface area contributed by atoms with E-state index in [0.717, 1.165) is 11.4 Å². The maximum absolute atomic E-state index is 7.53. The van der Waals surface area contributed by atoms with Crippen molar-refractivity contribution in [2.24, 2.45) is 0 Å². The second-order valence-corrected chi connectivity index (χ2v) is 15.7. The molecule has 0 saturated heterocycles. The molecule has 0 saturated carbocycles. The van der Waals surface area contributed by atoms with Crippen molar-refractivity contribution in [3.63, 3.8) is 0 Å². The van der Waals surface area contributed by atoms with Crippen LogP contribution in [0.3, 0.4) is 0 Å². The van der Waals surface area contributed by atoms with Gasteiger partial charge in [-0.25, -0.2) is 0 Å². The molecule has 0 bridgehead atoms. The Morgan fingerprint density at radius 3 is 1.37 bits per heavy atom. The summed E-state index contributed by atoms with van der Waals surface area (Å²) in [6, 6.07) is 36.9. The molecule has 5 rings (SSSR count). The Balaban J connectivity index is 1.94. The van der Waals surface area contributed by atoms with Gasteiger partial charge in [0.25, 0.3) is 0 Å². The van der Waals surface area contributed by atoms with Crippen molar-refractivity contribution in [1.29, 1.82) is 0 Å². The number of hydrogen-bond donors (Lipinski definition) is 1. The summed E-state index contributed by atoms with van der Waals surface area (Å²) in [7, 11) is 0. The minimum absolute atomic E-state index is 0.00364. The van der Waals surface area contributed by atoms with Crippen molar-refractivity contribution in [3.05, 3.63) is 114 Å². The summed E-state index contributed by atoms with van der Waals surface area (Å²) in [5, 5.41) is 7.68. The van der Waals surface area contributed by atoms with Gasteiger partial charge in [0.2, 0.25) is 0 Å². The molecule has 2 nitrogen and oxygen atoms in total. The molecule has 1 N–H and O–H groups in total. The number of nitrogens with one attached hydrogen (secondary N) is 1. The summed E-state index contributed by atoms with van der Waals surface area (Å²) < 4.78 is 7.53. The van der Waals surface area contributed by atoms with Crippen molar-refractivity contribution in [2.45, 2.75) is 52.4 Å². The number of benzene rings is 4.